The SMILES string of the molecule is CS(=O)(=O)c1ccc2nc(N(Cc3cccnc3)C(=O)c3ccc(Br)s3)sc2c1. The van der Waals surface area contributed by atoms with E-state index in [0.717, 1.165) is 9.35 Å². The number of hydrogen-bond donors (Lipinski definition) is 0. The van der Waals surface area contributed by atoms with Crippen molar-refractivity contribution in [1.29, 1.82) is 0 Å². The van der Waals surface area contributed by atoms with Crippen molar-refractivity contribution in [2.75, 3.05) is 11.2 Å². The number of carbonyl (C=O) groups is 1. The lowest BCUT2D eigenvalue weighted by Gasteiger charge is -2.19. The molecule has 0 bridgehead atoms. The average molecular weight is 508 g/mol. The number of halogens is 1. The number of anilines is 1. The Morgan fingerprint density at radius 1 is 1.17 bits per heavy atom. The Hall–Kier alpha value is -2.14. The van der Waals surface area contributed by atoms with Crippen molar-refractivity contribution >= 4 is 69.7 Å². The molecule has 4 aromatic rings. The lowest BCUT2D eigenvalue weighted by Crippen LogP contribution is -2.29. The highest BCUT2D eigenvalue weighted by atomic mass is 79.9. The van der Waals surface area contributed by atoms with Crippen molar-refractivity contribution in [2.45, 2.75) is 11.4 Å². The number of thiophene rings is 1. The van der Waals surface area contributed by atoms with E-state index in [2.05, 4.69) is 25.9 Å². The second kappa shape index (κ2) is 7.94. The second-order valence-electron chi connectivity index (χ2n) is 6.25. The number of benzene rings is 1. The fourth-order valence-corrected chi connectivity index (χ4v) is 5.76. The highest BCUT2D eigenvalue weighted by Gasteiger charge is 2.23. The van der Waals surface area contributed by atoms with Gasteiger partial charge in [0, 0.05) is 18.6 Å². The summed E-state index contributed by atoms with van der Waals surface area (Å²) in [6, 6.07) is 12.1. The van der Waals surface area contributed by atoms with E-state index in [0.29, 0.717) is 26.8 Å². The largest absolute Gasteiger partial charge is 0.279 e. The van der Waals surface area contributed by atoms with Gasteiger partial charge in [-0.05, 0) is 57.9 Å². The summed E-state index contributed by atoms with van der Waals surface area (Å²) in [5, 5.41) is 0.504. The van der Waals surface area contributed by atoms with E-state index in [1.54, 1.807) is 35.5 Å². The number of hydrogen-bond acceptors (Lipinski definition) is 7. The third kappa shape index (κ3) is 4.40. The fourth-order valence-electron chi connectivity index (χ4n) is 2.70. The van der Waals surface area contributed by atoms with Gasteiger partial charge in [0.1, 0.15) is 0 Å². The van der Waals surface area contributed by atoms with Gasteiger partial charge in [-0.3, -0.25) is 14.7 Å². The van der Waals surface area contributed by atoms with Gasteiger partial charge in [-0.2, -0.15) is 0 Å². The van der Waals surface area contributed by atoms with Crippen LogP contribution in [-0.4, -0.2) is 30.5 Å². The summed E-state index contributed by atoms with van der Waals surface area (Å²) >= 11 is 6.03. The molecule has 3 aromatic heterocycles. The van der Waals surface area contributed by atoms with Gasteiger partial charge in [-0.1, -0.05) is 17.4 Å². The maximum atomic E-state index is 13.2. The third-order valence-electron chi connectivity index (χ3n) is 4.10. The molecule has 3 heterocycles. The zero-order chi connectivity index (χ0) is 20.6. The number of nitrogens with zero attached hydrogens (tertiary/aromatic N) is 3. The quantitative estimate of drug-likeness (QED) is 0.388. The molecule has 4 rings (SSSR count). The molecule has 0 atom stereocenters. The average Bonchev–Trinajstić information content (AvgIpc) is 3.31. The van der Waals surface area contributed by atoms with Crippen LogP contribution in [0.25, 0.3) is 10.2 Å². The summed E-state index contributed by atoms with van der Waals surface area (Å²) in [6.07, 6.45) is 4.55. The minimum absolute atomic E-state index is 0.174. The Labute approximate surface area is 183 Å². The van der Waals surface area contributed by atoms with Crippen LogP contribution in [0.3, 0.4) is 0 Å². The van der Waals surface area contributed by atoms with Gasteiger partial charge in [0.05, 0.1) is 30.3 Å². The molecule has 0 radical (unpaired) electrons. The van der Waals surface area contributed by atoms with Crippen molar-refractivity contribution < 1.29 is 13.2 Å². The van der Waals surface area contributed by atoms with Crippen molar-refractivity contribution in [2.24, 2.45) is 0 Å². The number of carbonyl (C=O) groups excluding carboxylic acids is 1. The third-order valence-corrected chi connectivity index (χ3v) is 7.86. The number of aromatic nitrogens is 2. The van der Waals surface area contributed by atoms with Crippen LogP contribution < -0.4 is 4.90 Å². The molecule has 0 aliphatic rings. The normalized spacial score (nSPS) is 11.7. The van der Waals surface area contributed by atoms with Crippen LogP contribution in [-0.2, 0) is 16.4 Å². The molecule has 0 unspecified atom stereocenters. The molecule has 29 heavy (non-hydrogen) atoms. The van der Waals surface area contributed by atoms with Gasteiger partial charge in [0.2, 0.25) is 0 Å². The molecule has 6 nitrogen and oxygen atoms in total. The molecule has 0 aliphatic carbocycles. The first-order valence-corrected chi connectivity index (χ1v) is 12.7. The number of fused-ring (bicyclic) bond motifs is 1. The lowest BCUT2D eigenvalue weighted by atomic mass is 10.2. The van der Waals surface area contributed by atoms with Gasteiger partial charge in [0.25, 0.3) is 5.91 Å². The van der Waals surface area contributed by atoms with Gasteiger partial charge in [-0.15, -0.1) is 11.3 Å². The van der Waals surface area contributed by atoms with Crippen LogP contribution in [0.2, 0.25) is 0 Å². The smallest absolute Gasteiger partial charge is 0.270 e. The summed E-state index contributed by atoms with van der Waals surface area (Å²) in [6.45, 7) is 0.306. The summed E-state index contributed by atoms with van der Waals surface area (Å²) in [7, 11) is -3.32. The van der Waals surface area contributed by atoms with Gasteiger partial charge in [-0.25, -0.2) is 13.4 Å². The molecule has 0 spiro atoms. The maximum Gasteiger partial charge on any atom is 0.270 e. The van der Waals surface area contributed by atoms with Crippen LogP contribution in [0.5, 0.6) is 0 Å². The Bertz CT molecular complexity index is 1300. The molecule has 1 amide bonds. The number of amides is 1. The summed E-state index contributed by atoms with van der Waals surface area (Å²) < 4.78 is 25.3. The van der Waals surface area contributed by atoms with Crippen LogP contribution >= 0.6 is 38.6 Å². The molecule has 148 valence electrons. The first-order chi connectivity index (χ1) is 13.8. The predicted molar refractivity (Wildman–Crippen MR) is 119 cm³/mol. The van der Waals surface area contributed by atoms with E-state index in [9.17, 15) is 13.2 Å². The number of pyridine rings is 1. The topological polar surface area (TPSA) is 80.2 Å². The molecule has 0 saturated heterocycles. The standard InChI is InChI=1S/C19H14BrN3O3S3/c1-29(25,26)13-4-5-14-16(9-13)28-19(22-14)23(11-12-3-2-8-21-10-12)18(24)15-6-7-17(20)27-15/h2-10H,11H2,1H3. The fraction of sp³-hybridized carbons (Fsp3) is 0.105. The zero-order valence-corrected chi connectivity index (χ0v) is 19.1. The number of rotatable bonds is 5. The van der Waals surface area contributed by atoms with Crippen LogP contribution in [0.15, 0.2) is 63.5 Å². The molecule has 1 aromatic carbocycles. The summed E-state index contributed by atoms with van der Waals surface area (Å²) in [5.74, 6) is -0.174. The highest BCUT2D eigenvalue weighted by molar-refractivity contribution is 9.11. The number of thiazole rings is 1. The molecular weight excluding hydrogens is 494 g/mol. The Morgan fingerprint density at radius 3 is 2.66 bits per heavy atom. The number of sulfone groups is 1. The van der Waals surface area contributed by atoms with Crippen LogP contribution in [0.1, 0.15) is 15.2 Å². The Kier molecular flexibility index (Phi) is 5.52. The van der Waals surface area contributed by atoms with Crippen molar-refractivity contribution in [1.82, 2.24) is 9.97 Å². The molecular formula is C19H14BrN3O3S3. The van der Waals surface area contributed by atoms with E-state index in [4.69, 9.17) is 0 Å². The van der Waals surface area contributed by atoms with Crippen LogP contribution in [0, 0.1) is 0 Å². The molecule has 0 aliphatic heterocycles. The summed E-state index contributed by atoms with van der Waals surface area (Å²) in [5.41, 5.74) is 1.52. The first-order valence-electron chi connectivity index (χ1n) is 8.38. The van der Waals surface area contributed by atoms with Gasteiger partial charge >= 0.3 is 0 Å². The van der Waals surface area contributed by atoms with E-state index in [1.165, 1.54) is 35.0 Å². The predicted octanol–water partition coefficient (Wildman–Crippen LogP) is 4.77. The van der Waals surface area contributed by atoms with E-state index in [1.807, 2.05) is 18.2 Å². The Balaban J connectivity index is 1.78. The van der Waals surface area contributed by atoms with E-state index in [-0.39, 0.29) is 10.8 Å². The molecule has 10 heteroatoms. The van der Waals surface area contributed by atoms with Gasteiger partial charge in [0.15, 0.2) is 15.0 Å². The lowest BCUT2D eigenvalue weighted by molar-refractivity contribution is 0.0989. The molecule has 0 N–H and O–H groups in total. The van der Waals surface area contributed by atoms with E-state index < -0.39 is 9.84 Å². The second-order valence-corrected chi connectivity index (χ2v) is 11.7. The van der Waals surface area contributed by atoms with Crippen molar-refractivity contribution in [3.8, 4) is 0 Å². The molecule has 0 fully saturated rings. The highest BCUT2D eigenvalue weighted by Crippen LogP contribution is 2.33. The summed E-state index contributed by atoms with van der Waals surface area (Å²) in [4.78, 5) is 24.3. The van der Waals surface area contributed by atoms with Crippen molar-refractivity contribution in [3.63, 3.8) is 0 Å². The Morgan fingerprint density at radius 2 is 2.00 bits per heavy atom. The monoisotopic (exact) mass is 507 g/mol. The minimum Gasteiger partial charge on any atom is -0.279 e. The molecule has 0 saturated carbocycles. The van der Waals surface area contributed by atoms with Gasteiger partial charge < -0.3 is 0 Å². The minimum atomic E-state index is -3.32. The van der Waals surface area contributed by atoms with Crippen LogP contribution in [0.4, 0.5) is 5.13 Å². The van der Waals surface area contributed by atoms with Crippen molar-refractivity contribution in [3.05, 3.63) is 69.1 Å². The maximum absolute atomic E-state index is 13.2. The zero-order valence-electron chi connectivity index (χ0n) is 15.1. The van der Waals surface area contributed by atoms with E-state index >= 15 is 0 Å². The first kappa shape index (κ1) is 20.1.